The average molecular weight is 349 g/mol. The Bertz CT molecular complexity index is 912. The molecule has 0 radical (unpaired) electrons. The zero-order chi connectivity index (χ0) is 17.9. The van der Waals surface area contributed by atoms with Gasteiger partial charge in [-0.2, -0.15) is 0 Å². The van der Waals surface area contributed by atoms with Crippen molar-refractivity contribution in [3.63, 3.8) is 0 Å². The van der Waals surface area contributed by atoms with Crippen molar-refractivity contribution < 1.29 is 18.7 Å². The first kappa shape index (κ1) is 16.3. The molecule has 5 heteroatoms. The molecule has 0 N–H and O–H groups in total. The molecular weight excluding hydrogens is 333 g/mol. The molecule has 0 spiro atoms. The van der Waals surface area contributed by atoms with Gasteiger partial charge in [-0.25, -0.2) is 4.39 Å². The van der Waals surface area contributed by atoms with Crippen LogP contribution in [0, 0.1) is 11.7 Å². The summed E-state index contributed by atoms with van der Waals surface area (Å²) in [5.41, 5.74) is 0.960. The van der Waals surface area contributed by atoms with Gasteiger partial charge in [0, 0.05) is 12.3 Å². The predicted molar refractivity (Wildman–Crippen MR) is 93.6 cm³/mol. The molecule has 0 bridgehead atoms. The summed E-state index contributed by atoms with van der Waals surface area (Å²) in [6.07, 6.45) is 3.99. The highest BCUT2D eigenvalue weighted by molar-refractivity contribution is 5.79. The zero-order valence-corrected chi connectivity index (χ0v) is 13.8. The molecular formula is C21H16FNO3. The molecule has 0 saturated heterocycles. The molecule has 1 fully saturated rings. The number of hydrogen-bond donors (Lipinski definition) is 0. The summed E-state index contributed by atoms with van der Waals surface area (Å²) in [4.78, 5) is 16.3. The van der Waals surface area contributed by atoms with Crippen LogP contribution in [0.2, 0.25) is 0 Å². The van der Waals surface area contributed by atoms with E-state index in [0.717, 1.165) is 12.0 Å². The lowest BCUT2D eigenvalue weighted by molar-refractivity contribution is -0.135. The van der Waals surface area contributed by atoms with Gasteiger partial charge in [-0.15, -0.1) is 0 Å². The molecule has 0 aliphatic heterocycles. The van der Waals surface area contributed by atoms with E-state index in [-0.39, 0.29) is 23.6 Å². The first-order valence-electron chi connectivity index (χ1n) is 8.34. The van der Waals surface area contributed by atoms with E-state index >= 15 is 0 Å². The molecule has 1 heterocycles. The number of esters is 1. The van der Waals surface area contributed by atoms with E-state index in [9.17, 15) is 9.18 Å². The molecule has 0 amide bonds. The summed E-state index contributed by atoms with van der Waals surface area (Å²) in [6, 6.07) is 16.8. The molecule has 3 aromatic rings. The third kappa shape index (κ3) is 3.72. The van der Waals surface area contributed by atoms with Crippen LogP contribution in [0.4, 0.5) is 4.39 Å². The van der Waals surface area contributed by atoms with Crippen LogP contribution in [0.5, 0.6) is 17.2 Å². The number of pyridine rings is 1. The van der Waals surface area contributed by atoms with E-state index in [4.69, 9.17) is 9.47 Å². The van der Waals surface area contributed by atoms with Gasteiger partial charge in [0.2, 0.25) is 0 Å². The molecule has 4 nitrogen and oxygen atoms in total. The maximum Gasteiger partial charge on any atom is 0.314 e. The predicted octanol–water partition coefficient (Wildman–Crippen LogP) is 4.72. The van der Waals surface area contributed by atoms with Gasteiger partial charge in [-0.05, 0) is 54.3 Å². The quantitative estimate of drug-likeness (QED) is 0.494. The number of halogens is 1. The second-order valence-electron chi connectivity index (χ2n) is 6.19. The third-order valence-corrected chi connectivity index (χ3v) is 4.29. The number of nitrogens with zero attached hydrogens (tertiary/aromatic N) is 1. The number of carbonyl (C=O) groups excluding carboxylic acids is 1. The van der Waals surface area contributed by atoms with Crippen molar-refractivity contribution in [2.75, 3.05) is 0 Å². The molecule has 0 unspecified atom stereocenters. The van der Waals surface area contributed by atoms with Gasteiger partial charge in [0.15, 0.2) is 0 Å². The van der Waals surface area contributed by atoms with Crippen molar-refractivity contribution in [3.05, 3.63) is 84.4 Å². The Kier molecular flexibility index (Phi) is 4.35. The minimum Gasteiger partial charge on any atom is -0.456 e. The molecule has 2 aromatic carbocycles. The number of ether oxygens (including phenoxy) is 2. The topological polar surface area (TPSA) is 48.4 Å². The van der Waals surface area contributed by atoms with E-state index in [1.807, 2.05) is 0 Å². The van der Waals surface area contributed by atoms with Crippen LogP contribution < -0.4 is 9.47 Å². The highest BCUT2D eigenvalue weighted by Crippen LogP contribution is 2.48. The standard InChI is InChI=1S/C21H16FNO3/c22-15-8-6-14(7-9-15)19-12-20(19)21(24)26-17-4-1-3-16(11-17)25-18-5-2-10-23-13-18/h1-11,13,19-20H,12H2/t19-,20+/m0/s1. The summed E-state index contributed by atoms with van der Waals surface area (Å²) < 4.78 is 24.2. The van der Waals surface area contributed by atoms with Crippen LogP contribution in [0.1, 0.15) is 17.9 Å². The molecule has 1 aliphatic rings. The van der Waals surface area contributed by atoms with Gasteiger partial charge in [-0.3, -0.25) is 9.78 Å². The van der Waals surface area contributed by atoms with Gasteiger partial charge in [0.25, 0.3) is 0 Å². The summed E-state index contributed by atoms with van der Waals surface area (Å²) >= 11 is 0. The first-order chi connectivity index (χ1) is 12.7. The fraction of sp³-hybridized carbons (Fsp3) is 0.143. The smallest absolute Gasteiger partial charge is 0.314 e. The molecule has 130 valence electrons. The van der Waals surface area contributed by atoms with Gasteiger partial charge in [0.1, 0.15) is 23.1 Å². The van der Waals surface area contributed by atoms with Gasteiger partial charge >= 0.3 is 5.97 Å². The Hall–Kier alpha value is -3.21. The fourth-order valence-electron chi connectivity index (χ4n) is 2.87. The number of aromatic nitrogens is 1. The Balaban J connectivity index is 1.39. The summed E-state index contributed by atoms with van der Waals surface area (Å²) in [5, 5.41) is 0. The highest BCUT2D eigenvalue weighted by Gasteiger charge is 2.45. The maximum absolute atomic E-state index is 13.0. The Labute approximate surface area is 150 Å². The molecule has 4 rings (SSSR count). The van der Waals surface area contributed by atoms with E-state index in [2.05, 4.69) is 4.98 Å². The van der Waals surface area contributed by atoms with Crippen molar-refractivity contribution in [2.45, 2.75) is 12.3 Å². The lowest BCUT2D eigenvalue weighted by Crippen LogP contribution is -2.11. The van der Waals surface area contributed by atoms with Crippen LogP contribution in [0.25, 0.3) is 0 Å². The van der Waals surface area contributed by atoms with Crippen molar-refractivity contribution in [2.24, 2.45) is 5.92 Å². The Morgan fingerprint density at radius 1 is 1.00 bits per heavy atom. The van der Waals surface area contributed by atoms with Gasteiger partial charge in [-0.1, -0.05) is 18.2 Å². The second kappa shape index (κ2) is 6.96. The fourth-order valence-corrected chi connectivity index (χ4v) is 2.87. The van der Waals surface area contributed by atoms with Crippen LogP contribution in [0.15, 0.2) is 73.1 Å². The van der Waals surface area contributed by atoms with Crippen molar-refractivity contribution in [1.29, 1.82) is 0 Å². The SMILES string of the molecule is O=C(Oc1cccc(Oc2cccnc2)c1)[C@@H]1C[C@H]1c1ccc(F)cc1. The lowest BCUT2D eigenvalue weighted by atomic mass is 10.1. The first-order valence-corrected chi connectivity index (χ1v) is 8.34. The lowest BCUT2D eigenvalue weighted by Gasteiger charge is -2.08. The monoisotopic (exact) mass is 349 g/mol. The number of benzene rings is 2. The number of rotatable bonds is 5. The molecule has 1 aliphatic carbocycles. The van der Waals surface area contributed by atoms with Crippen LogP contribution >= 0.6 is 0 Å². The molecule has 2 atom stereocenters. The summed E-state index contributed by atoms with van der Waals surface area (Å²) in [7, 11) is 0. The average Bonchev–Trinajstić information content (AvgIpc) is 3.44. The van der Waals surface area contributed by atoms with Crippen LogP contribution in [-0.4, -0.2) is 11.0 Å². The van der Waals surface area contributed by atoms with Crippen LogP contribution in [0.3, 0.4) is 0 Å². The Morgan fingerprint density at radius 3 is 2.54 bits per heavy atom. The maximum atomic E-state index is 13.0. The normalized spacial score (nSPS) is 18.2. The van der Waals surface area contributed by atoms with E-state index in [1.54, 1.807) is 60.9 Å². The molecule has 1 saturated carbocycles. The number of hydrogen-bond acceptors (Lipinski definition) is 4. The van der Waals surface area contributed by atoms with Crippen LogP contribution in [-0.2, 0) is 4.79 Å². The summed E-state index contributed by atoms with van der Waals surface area (Å²) in [5.74, 6) is 0.947. The second-order valence-corrected chi connectivity index (χ2v) is 6.19. The van der Waals surface area contributed by atoms with E-state index in [0.29, 0.717) is 17.2 Å². The minimum atomic E-state index is -0.280. The summed E-state index contributed by atoms with van der Waals surface area (Å²) in [6.45, 7) is 0. The minimum absolute atomic E-state index is 0.0953. The molecule has 26 heavy (non-hydrogen) atoms. The van der Waals surface area contributed by atoms with E-state index in [1.165, 1.54) is 12.1 Å². The number of carbonyl (C=O) groups is 1. The molecule has 1 aromatic heterocycles. The van der Waals surface area contributed by atoms with Crippen molar-refractivity contribution in [1.82, 2.24) is 4.98 Å². The zero-order valence-electron chi connectivity index (χ0n) is 13.8. The van der Waals surface area contributed by atoms with Crippen molar-refractivity contribution >= 4 is 5.97 Å². The largest absolute Gasteiger partial charge is 0.456 e. The van der Waals surface area contributed by atoms with E-state index < -0.39 is 0 Å². The van der Waals surface area contributed by atoms with Gasteiger partial charge in [0.05, 0.1) is 12.1 Å². The van der Waals surface area contributed by atoms with Crippen molar-refractivity contribution in [3.8, 4) is 17.2 Å². The van der Waals surface area contributed by atoms with Gasteiger partial charge < -0.3 is 9.47 Å². The third-order valence-electron chi connectivity index (χ3n) is 4.29. The Morgan fingerprint density at radius 2 is 1.77 bits per heavy atom. The highest BCUT2D eigenvalue weighted by atomic mass is 19.1.